The smallest absolute Gasteiger partial charge is 0.227 e. The first-order chi connectivity index (χ1) is 18.5. The van der Waals surface area contributed by atoms with Gasteiger partial charge < -0.3 is 9.80 Å². The number of amides is 1. The number of aromatic nitrogens is 5. The summed E-state index contributed by atoms with van der Waals surface area (Å²) in [6.45, 7) is 9.78. The lowest BCUT2D eigenvalue weighted by molar-refractivity contribution is -0.130. The van der Waals surface area contributed by atoms with Crippen molar-refractivity contribution in [1.29, 1.82) is 5.26 Å². The third kappa shape index (κ3) is 4.82. The van der Waals surface area contributed by atoms with E-state index < -0.39 is 0 Å². The maximum atomic E-state index is 12.7. The van der Waals surface area contributed by atoms with Crippen molar-refractivity contribution in [2.24, 2.45) is 12.0 Å². The molecule has 38 heavy (non-hydrogen) atoms. The van der Waals surface area contributed by atoms with Crippen molar-refractivity contribution in [2.75, 3.05) is 31.1 Å². The van der Waals surface area contributed by atoms with Crippen molar-refractivity contribution >= 4 is 24.0 Å². The molecule has 0 atom stereocenters. The number of fused-ring (bicyclic) bond motifs is 1. The molecule has 0 spiro atoms. The minimum absolute atomic E-state index is 0.0503. The summed E-state index contributed by atoms with van der Waals surface area (Å²) in [6, 6.07) is 8.29. The summed E-state index contributed by atoms with van der Waals surface area (Å²) < 4.78 is 3.48. The Morgan fingerprint density at radius 1 is 1.11 bits per heavy atom. The van der Waals surface area contributed by atoms with Crippen LogP contribution in [0.4, 0.5) is 5.82 Å². The molecule has 0 aromatic carbocycles. The van der Waals surface area contributed by atoms with Crippen molar-refractivity contribution in [3.63, 3.8) is 0 Å². The van der Waals surface area contributed by atoms with Crippen LogP contribution in [-0.4, -0.2) is 68.1 Å². The highest BCUT2D eigenvalue weighted by atomic mass is 16.2. The van der Waals surface area contributed by atoms with Crippen molar-refractivity contribution < 1.29 is 4.79 Å². The molecule has 4 aromatic rings. The number of carbonyl (C=O) groups excluding carboxylic acids is 1. The molecular formula is C28H27N9O. The van der Waals surface area contributed by atoms with Gasteiger partial charge in [-0.05, 0) is 30.5 Å². The number of nitriles is 1. The molecule has 1 fully saturated rings. The fourth-order valence-corrected chi connectivity index (χ4v) is 4.64. The number of aliphatic imine (C=N–C) groups is 1. The highest BCUT2D eigenvalue weighted by Gasteiger charge is 2.22. The first kappa shape index (κ1) is 24.6. The van der Waals surface area contributed by atoms with E-state index >= 15 is 0 Å². The Balaban J connectivity index is 1.36. The summed E-state index contributed by atoms with van der Waals surface area (Å²) in [5.41, 5.74) is 5.64. The topological polar surface area (TPSA) is 108 Å². The van der Waals surface area contributed by atoms with Crippen LogP contribution in [0.15, 0.2) is 78.6 Å². The Morgan fingerprint density at radius 3 is 2.55 bits per heavy atom. The van der Waals surface area contributed by atoms with E-state index in [4.69, 9.17) is 4.98 Å². The predicted molar refractivity (Wildman–Crippen MR) is 147 cm³/mol. The largest absolute Gasteiger partial charge is 0.353 e. The van der Waals surface area contributed by atoms with Crippen LogP contribution in [-0.2, 0) is 11.8 Å². The molecule has 5 heterocycles. The molecule has 10 nitrogen and oxygen atoms in total. The summed E-state index contributed by atoms with van der Waals surface area (Å²) in [5.74, 6) is 0.895. The lowest BCUT2D eigenvalue weighted by atomic mass is 10.0. The van der Waals surface area contributed by atoms with Gasteiger partial charge in [0, 0.05) is 80.3 Å². The van der Waals surface area contributed by atoms with Gasteiger partial charge in [0.2, 0.25) is 5.91 Å². The maximum Gasteiger partial charge on any atom is 0.227 e. The standard InChI is InChI=1S/C28H27N9O/c1-4-20(14-30-2)11-27(38)36-9-7-35(8-10-36)26-6-5-21(15-31-26)25-12-22(24-17-32-34(3)18-24)19-37-28(25)23(13-29)16-33-37/h4-6,12,14-19H,1-2,7-11H2,3H3/b20-14+. The number of aryl methyl sites for hydroxylation is 1. The molecule has 0 saturated carbocycles. The number of hydrogen-bond donors (Lipinski definition) is 0. The van der Waals surface area contributed by atoms with Gasteiger partial charge in [-0.1, -0.05) is 12.7 Å². The van der Waals surface area contributed by atoms with E-state index in [9.17, 15) is 10.1 Å². The first-order valence-electron chi connectivity index (χ1n) is 12.2. The van der Waals surface area contributed by atoms with Gasteiger partial charge >= 0.3 is 0 Å². The molecule has 1 aliphatic heterocycles. The van der Waals surface area contributed by atoms with Gasteiger partial charge in [-0.2, -0.15) is 15.5 Å². The molecule has 1 aliphatic rings. The van der Waals surface area contributed by atoms with E-state index in [2.05, 4.69) is 39.5 Å². The zero-order chi connectivity index (χ0) is 26.6. The number of rotatable bonds is 7. The number of piperazine rings is 1. The van der Waals surface area contributed by atoms with Crippen LogP contribution in [0.2, 0.25) is 0 Å². The number of allylic oxidation sites excluding steroid dienone is 1. The van der Waals surface area contributed by atoms with Crippen LogP contribution < -0.4 is 4.90 Å². The van der Waals surface area contributed by atoms with Crippen molar-refractivity contribution in [3.05, 3.63) is 79.2 Å². The van der Waals surface area contributed by atoms with E-state index in [1.807, 2.05) is 48.7 Å². The zero-order valence-electron chi connectivity index (χ0n) is 21.2. The zero-order valence-corrected chi connectivity index (χ0v) is 21.2. The Labute approximate surface area is 220 Å². The summed E-state index contributed by atoms with van der Waals surface area (Å²) in [5, 5.41) is 18.4. The Kier molecular flexibility index (Phi) is 6.82. The Hall–Kier alpha value is -5.04. The fourth-order valence-electron chi connectivity index (χ4n) is 4.64. The number of carbonyl (C=O) groups is 1. The third-order valence-electron chi connectivity index (χ3n) is 6.66. The van der Waals surface area contributed by atoms with Crippen LogP contribution in [0.3, 0.4) is 0 Å². The molecule has 0 unspecified atom stereocenters. The van der Waals surface area contributed by atoms with Crippen molar-refractivity contribution in [3.8, 4) is 28.3 Å². The SMILES string of the molecule is C=C/C(=C\N=C)CC(=O)N1CCN(c2ccc(-c3cc(-c4cnn(C)c4)cn4ncc(C#N)c34)cn2)CC1. The van der Waals surface area contributed by atoms with Crippen LogP contribution in [0.25, 0.3) is 27.8 Å². The monoisotopic (exact) mass is 505 g/mol. The second kappa shape index (κ2) is 10.5. The van der Waals surface area contributed by atoms with Crippen molar-refractivity contribution in [2.45, 2.75) is 6.42 Å². The average Bonchev–Trinajstić information content (AvgIpc) is 3.58. The van der Waals surface area contributed by atoms with Crippen LogP contribution in [0.5, 0.6) is 0 Å². The van der Waals surface area contributed by atoms with Gasteiger partial charge in [0.05, 0.1) is 29.9 Å². The molecule has 0 aliphatic carbocycles. The lowest BCUT2D eigenvalue weighted by Crippen LogP contribution is -2.49. The van der Waals surface area contributed by atoms with E-state index in [0.29, 0.717) is 31.7 Å². The number of nitrogens with zero attached hydrogens (tertiary/aromatic N) is 9. The third-order valence-corrected chi connectivity index (χ3v) is 6.66. The van der Waals surface area contributed by atoms with Gasteiger partial charge in [0.1, 0.15) is 11.9 Å². The van der Waals surface area contributed by atoms with Gasteiger partial charge in [0.25, 0.3) is 0 Å². The van der Waals surface area contributed by atoms with Crippen LogP contribution in [0.1, 0.15) is 12.0 Å². The summed E-state index contributed by atoms with van der Waals surface area (Å²) >= 11 is 0. The Bertz CT molecular complexity index is 1580. The number of anilines is 1. The molecule has 1 saturated heterocycles. The average molecular weight is 506 g/mol. The van der Waals surface area contributed by atoms with E-state index in [0.717, 1.165) is 39.2 Å². The summed E-state index contributed by atoms with van der Waals surface area (Å²) in [4.78, 5) is 25.2. The number of pyridine rings is 2. The molecule has 10 heteroatoms. The van der Waals surface area contributed by atoms with Gasteiger partial charge in [-0.3, -0.25) is 14.5 Å². The van der Waals surface area contributed by atoms with E-state index in [1.165, 1.54) is 0 Å². The molecule has 1 amide bonds. The quantitative estimate of drug-likeness (QED) is 0.281. The van der Waals surface area contributed by atoms with Crippen molar-refractivity contribution in [1.82, 2.24) is 29.3 Å². The summed E-state index contributed by atoms with van der Waals surface area (Å²) in [7, 11) is 1.87. The Morgan fingerprint density at radius 2 is 1.92 bits per heavy atom. The number of hydrogen-bond acceptors (Lipinski definition) is 7. The molecule has 0 bridgehead atoms. The highest BCUT2D eigenvalue weighted by molar-refractivity contribution is 5.87. The van der Waals surface area contributed by atoms with E-state index in [1.54, 1.807) is 33.9 Å². The normalized spacial score (nSPS) is 13.9. The second-order valence-electron chi connectivity index (χ2n) is 9.05. The van der Waals surface area contributed by atoms with Gasteiger partial charge in [-0.25, -0.2) is 9.50 Å². The van der Waals surface area contributed by atoms with Crippen LogP contribution >= 0.6 is 0 Å². The maximum absolute atomic E-state index is 12.7. The molecule has 4 aromatic heterocycles. The van der Waals surface area contributed by atoms with Gasteiger partial charge in [-0.15, -0.1) is 0 Å². The molecule has 190 valence electrons. The van der Waals surface area contributed by atoms with Crippen LogP contribution in [0, 0.1) is 11.3 Å². The first-order valence-corrected chi connectivity index (χ1v) is 12.2. The fraction of sp³-hybridized carbons (Fsp3) is 0.214. The minimum Gasteiger partial charge on any atom is -0.353 e. The molecule has 5 rings (SSSR count). The minimum atomic E-state index is 0.0503. The molecule has 0 radical (unpaired) electrons. The highest BCUT2D eigenvalue weighted by Crippen LogP contribution is 2.32. The molecular weight excluding hydrogens is 478 g/mol. The lowest BCUT2D eigenvalue weighted by Gasteiger charge is -2.35. The summed E-state index contributed by atoms with van der Waals surface area (Å²) in [6.07, 6.45) is 12.5. The van der Waals surface area contributed by atoms with Gasteiger partial charge in [0.15, 0.2) is 0 Å². The second-order valence-corrected chi connectivity index (χ2v) is 9.05. The molecule has 0 N–H and O–H groups in total. The van der Waals surface area contributed by atoms with E-state index in [-0.39, 0.29) is 12.3 Å². The predicted octanol–water partition coefficient (Wildman–Crippen LogP) is 3.48.